The van der Waals surface area contributed by atoms with Crippen LogP contribution >= 0.6 is 0 Å². The molecule has 158 valence electrons. The third-order valence-electron chi connectivity index (χ3n) is 5.29. The first-order chi connectivity index (χ1) is 15.3. The highest BCUT2D eigenvalue weighted by Gasteiger charge is 2.19. The van der Waals surface area contributed by atoms with E-state index in [9.17, 15) is 4.79 Å². The summed E-state index contributed by atoms with van der Waals surface area (Å²) in [5, 5.41) is 6.60. The molecule has 1 aliphatic heterocycles. The normalized spacial score (nSPS) is 13.8. The molecule has 3 aromatic heterocycles. The largest absolute Gasteiger partial charge is 0.368 e. The second-order valence-electron chi connectivity index (χ2n) is 7.41. The van der Waals surface area contributed by atoms with Crippen molar-refractivity contribution in [1.29, 1.82) is 0 Å². The van der Waals surface area contributed by atoms with Gasteiger partial charge < -0.3 is 25.1 Å². The number of rotatable bonds is 8. The van der Waals surface area contributed by atoms with E-state index in [0.29, 0.717) is 30.4 Å². The van der Waals surface area contributed by atoms with Gasteiger partial charge in [0, 0.05) is 49.8 Å². The molecule has 31 heavy (non-hydrogen) atoms. The van der Waals surface area contributed by atoms with Crippen molar-refractivity contribution in [3.8, 4) is 5.69 Å². The van der Waals surface area contributed by atoms with Crippen LogP contribution in [-0.2, 0) is 4.79 Å². The maximum Gasteiger partial charge on any atom is 0.222 e. The van der Waals surface area contributed by atoms with Crippen LogP contribution in [0.2, 0.25) is 0 Å². The fourth-order valence-corrected chi connectivity index (χ4v) is 3.70. The van der Waals surface area contributed by atoms with Gasteiger partial charge in [0.25, 0.3) is 0 Å². The number of amides is 1. The number of carbonyl (C=O) groups is 1. The number of hydrogen-bond acceptors (Lipinski definition) is 7. The molecule has 0 aliphatic carbocycles. The van der Waals surface area contributed by atoms with E-state index in [0.717, 1.165) is 42.8 Å². The lowest BCUT2D eigenvalue weighted by molar-refractivity contribution is -0.127. The number of fused-ring (bicyclic) bond motifs is 1. The Hall–Kier alpha value is -3.95. The van der Waals surface area contributed by atoms with E-state index in [1.54, 1.807) is 12.5 Å². The summed E-state index contributed by atoms with van der Waals surface area (Å²) in [6.45, 7) is 2.35. The van der Waals surface area contributed by atoms with Gasteiger partial charge in [-0.25, -0.2) is 15.0 Å². The highest BCUT2D eigenvalue weighted by molar-refractivity contribution is 5.84. The van der Waals surface area contributed by atoms with Crippen LogP contribution in [0, 0.1) is 0 Å². The molecule has 1 fully saturated rings. The molecule has 4 aromatic rings. The number of likely N-dealkylation sites (tertiary alicyclic amines) is 1. The Balaban J connectivity index is 1.23. The molecule has 0 atom stereocenters. The first-order valence-electron chi connectivity index (χ1n) is 10.3. The van der Waals surface area contributed by atoms with Crippen molar-refractivity contribution in [1.82, 2.24) is 34.4 Å². The fraction of sp³-hybridized carbons (Fsp3) is 0.286. The highest BCUT2D eigenvalue weighted by Crippen LogP contribution is 2.22. The number of nitrogens with zero attached hydrogens (tertiary/aromatic N) is 6. The zero-order valence-electron chi connectivity index (χ0n) is 17.0. The first-order valence-corrected chi connectivity index (χ1v) is 10.3. The molecular weight excluding hydrogens is 394 g/mol. The van der Waals surface area contributed by atoms with E-state index in [2.05, 4.69) is 35.6 Å². The maximum atomic E-state index is 11.7. The second kappa shape index (κ2) is 8.42. The number of H-pyrrole nitrogens is 1. The number of benzene rings is 1. The molecule has 10 heteroatoms. The van der Waals surface area contributed by atoms with Crippen molar-refractivity contribution in [3.63, 3.8) is 0 Å². The highest BCUT2D eigenvalue weighted by atomic mass is 16.2. The molecule has 5 rings (SSSR count). The number of aromatic nitrogens is 6. The molecule has 0 bridgehead atoms. The van der Waals surface area contributed by atoms with Gasteiger partial charge >= 0.3 is 0 Å². The van der Waals surface area contributed by atoms with E-state index in [1.165, 1.54) is 6.33 Å². The average molecular weight is 417 g/mol. The topological polar surface area (TPSA) is 117 Å². The minimum Gasteiger partial charge on any atom is -0.368 e. The van der Waals surface area contributed by atoms with Crippen LogP contribution in [0.5, 0.6) is 0 Å². The predicted molar refractivity (Wildman–Crippen MR) is 117 cm³/mol. The van der Waals surface area contributed by atoms with Gasteiger partial charge in [-0.3, -0.25) is 4.79 Å². The summed E-state index contributed by atoms with van der Waals surface area (Å²) in [5.74, 6) is 1.55. The van der Waals surface area contributed by atoms with Crippen molar-refractivity contribution in [2.75, 3.05) is 30.3 Å². The number of imidazole rings is 2. The average Bonchev–Trinajstić information content (AvgIpc) is 3.53. The number of hydrogen-bond donors (Lipinski definition) is 3. The van der Waals surface area contributed by atoms with E-state index in [1.807, 2.05) is 39.9 Å². The molecular formula is C21H23N9O. The zero-order valence-corrected chi connectivity index (χ0v) is 17.0. The Kier molecular flexibility index (Phi) is 5.17. The fourth-order valence-electron chi connectivity index (χ4n) is 3.70. The Morgan fingerprint density at radius 2 is 2.06 bits per heavy atom. The number of nitrogens with one attached hydrogen (secondary N) is 3. The molecule has 0 unspecified atom stereocenters. The van der Waals surface area contributed by atoms with Crippen LogP contribution in [0.3, 0.4) is 0 Å². The van der Waals surface area contributed by atoms with Crippen LogP contribution in [0.25, 0.3) is 16.9 Å². The third-order valence-corrected chi connectivity index (χ3v) is 5.29. The third kappa shape index (κ3) is 4.18. The monoisotopic (exact) mass is 417 g/mol. The minimum atomic E-state index is 0.256. The molecule has 3 N–H and O–H groups in total. The molecule has 4 heterocycles. The minimum absolute atomic E-state index is 0.256. The van der Waals surface area contributed by atoms with Crippen LogP contribution < -0.4 is 10.6 Å². The van der Waals surface area contributed by atoms with Crippen molar-refractivity contribution in [2.24, 2.45) is 0 Å². The number of anilines is 3. The summed E-state index contributed by atoms with van der Waals surface area (Å²) >= 11 is 0. The van der Waals surface area contributed by atoms with Crippen molar-refractivity contribution >= 4 is 34.5 Å². The summed E-state index contributed by atoms with van der Waals surface area (Å²) in [5.41, 5.74) is 3.27. The standard InChI is InChI=1S/C21H23N9O/c31-17-3-1-10-29(17)11-2-8-23-19-18-20(25-13-24-19)28-21(27-18)26-15-4-6-16(7-5-15)30-12-9-22-14-30/h4-7,9,12-14H,1-3,8,10-11H2,(H3,23,24,25,26,27,28). The molecule has 0 saturated carbocycles. The summed E-state index contributed by atoms with van der Waals surface area (Å²) in [6, 6.07) is 7.97. The van der Waals surface area contributed by atoms with Crippen molar-refractivity contribution in [2.45, 2.75) is 19.3 Å². The van der Waals surface area contributed by atoms with E-state index in [4.69, 9.17) is 0 Å². The van der Waals surface area contributed by atoms with E-state index < -0.39 is 0 Å². The molecule has 1 saturated heterocycles. The molecule has 1 aliphatic rings. The molecule has 10 nitrogen and oxygen atoms in total. The molecule has 1 amide bonds. The number of aromatic amines is 1. The summed E-state index contributed by atoms with van der Waals surface area (Å²) in [4.78, 5) is 34.1. The zero-order chi connectivity index (χ0) is 21.0. The van der Waals surface area contributed by atoms with Gasteiger partial charge in [0.1, 0.15) is 11.8 Å². The number of carbonyl (C=O) groups excluding carboxylic acids is 1. The molecule has 0 radical (unpaired) electrons. The summed E-state index contributed by atoms with van der Waals surface area (Å²) in [6.07, 6.45) is 9.42. The van der Waals surface area contributed by atoms with Crippen LogP contribution in [-0.4, -0.2) is 59.9 Å². The maximum absolute atomic E-state index is 11.7. The van der Waals surface area contributed by atoms with E-state index >= 15 is 0 Å². The lowest BCUT2D eigenvalue weighted by Crippen LogP contribution is -2.27. The van der Waals surface area contributed by atoms with Crippen molar-refractivity contribution in [3.05, 3.63) is 49.3 Å². The molecule has 1 aromatic carbocycles. The lowest BCUT2D eigenvalue weighted by Gasteiger charge is -2.15. The smallest absolute Gasteiger partial charge is 0.222 e. The van der Waals surface area contributed by atoms with Crippen LogP contribution in [0.15, 0.2) is 49.3 Å². The van der Waals surface area contributed by atoms with Gasteiger partial charge in [-0.1, -0.05) is 0 Å². The Morgan fingerprint density at radius 1 is 1.16 bits per heavy atom. The summed E-state index contributed by atoms with van der Waals surface area (Å²) in [7, 11) is 0. The van der Waals surface area contributed by atoms with Gasteiger partial charge in [-0.2, -0.15) is 4.98 Å². The Morgan fingerprint density at radius 3 is 2.84 bits per heavy atom. The van der Waals surface area contributed by atoms with Gasteiger partial charge in [-0.05, 0) is 37.1 Å². The van der Waals surface area contributed by atoms with E-state index in [-0.39, 0.29) is 5.91 Å². The molecule has 0 spiro atoms. The summed E-state index contributed by atoms with van der Waals surface area (Å²) < 4.78 is 1.94. The van der Waals surface area contributed by atoms with Crippen molar-refractivity contribution < 1.29 is 4.79 Å². The second-order valence-corrected chi connectivity index (χ2v) is 7.41. The quantitative estimate of drug-likeness (QED) is 0.377. The Bertz CT molecular complexity index is 1170. The van der Waals surface area contributed by atoms with Crippen LogP contribution in [0.4, 0.5) is 17.5 Å². The van der Waals surface area contributed by atoms with Gasteiger partial charge in [-0.15, -0.1) is 0 Å². The van der Waals surface area contributed by atoms with Crippen LogP contribution in [0.1, 0.15) is 19.3 Å². The first kappa shape index (κ1) is 19.0. The van der Waals surface area contributed by atoms with Gasteiger partial charge in [0.2, 0.25) is 11.9 Å². The Labute approximate surface area is 178 Å². The predicted octanol–water partition coefficient (Wildman–Crippen LogP) is 2.71. The SMILES string of the molecule is O=C1CCCN1CCCNc1ncnc2nc(Nc3ccc(-n4ccnc4)cc3)[nH]c12. The van der Waals surface area contributed by atoms with Gasteiger partial charge in [0.15, 0.2) is 11.5 Å². The lowest BCUT2D eigenvalue weighted by atomic mass is 10.3. The van der Waals surface area contributed by atoms with Gasteiger partial charge in [0.05, 0.1) is 6.33 Å².